The van der Waals surface area contributed by atoms with E-state index in [9.17, 15) is 0 Å². The first-order chi connectivity index (χ1) is 5.72. The summed E-state index contributed by atoms with van der Waals surface area (Å²) in [7, 11) is 0. The fourth-order valence-electron chi connectivity index (χ4n) is 0.920. The molecule has 0 aliphatic rings. The van der Waals surface area contributed by atoms with Crippen molar-refractivity contribution in [2.75, 3.05) is 19.8 Å². The van der Waals surface area contributed by atoms with Gasteiger partial charge in [0, 0.05) is 6.61 Å². The van der Waals surface area contributed by atoms with Crippen molar-refractivity contribution < 1.29 is 9.47 Å². The van der Waals surface area contributed by atoms with Crippen molar-refractivity contribution in [3.05, 3.63) is 12.7 Å². The van der Waals surface area contributed by atoms with Crippen LogP contribution in [0.4, 0.5) is 0 Å². The Labute approximate surface area is 75.6 Å². The smallest absolute Gasteiger partial charge is 0.0777 e. The van der Waals surface area contributed by atoms with Gasteiger partial charge < -0.3 is 9.47 Å². The summed E-state index contributed by atoms with van der Waals surface area (Å²) >= 11 is 0. The van der Waals surface area contributed by atoms with Crippen molar-refractivity contribution in [2.45, 2.75) is 26.9 Å². The molecule has 0 heterocycles. The Morgan fingerprint density at radius 3 is 2.42 bits per heavy atom. The number of hydrogen-bond acceptors (Lipinski definition) is 2. The third-order valence-electron chi connectivity index (χ3n) is 1.63. The Hall–Kier alpha value is -0.340. The third kappa shape index (κ3) is 5.33. The molecular weight excluding hydrogens is 152 g/mol. The molecule has 0 N–H and O–H groups in total. The van der Waals surface area contributed by atoms with Crippen molar-refractivity contribution in [1.82, 2.24) is 0 Å². The maximum atomic E-state index is 5.51. The van der Waals surface area contributed by atoms with Crippen LogP contribution in [0, 0.1) is 5.92 Å². The van der Waals surface area contributed by atoms with Crippen molar-refractivity contribution >= 4 is 0 Å². The zero-order chi connectivity index (χ0) is 9.40. The van der Waals surface area contributed by atoms with Crippen molar-refractivity contribution in [2.24, 2.45) is 5.92 Å². The predicted octanol–water partition coefficient (Wildman–Crippen LogP) is 2.25. The van der Waals surface area contributed by atoms with E-state index in [1.54, 1.807) is 0 Å². The SMILES string of the molecule is C=CC(OCCOCC)C(C)C. The van der Waals surface area contributed by atoms with Gasteiger partial charge in [-0.1, -0.05) is 19.9 Å². The molecule has 0 bridgehead atoms. The van der Waals surface area contributed by atoms with Gasteiger partial charge in [-0.2, -0.15) is 0 Å². The third-order valence-corrected chi connectivity index (χ3v) is 1.63. The Kier molecular flexibility index (Phi) is 7.11. The first-order valence-corrected chi connectivity index (χ1v) is 4.54. The average molecular weight is 172 g/mol. The average Bonchev–Trinajstić information content (AvgIpc) is 2.04. The molecule has 0 saturated heterocycles. The van der Waals surface area contributed by atoms with Crippen LogP contribution in [0.25, 0.3) is 0 Å². The summed E-state index contributed by atoms with van der Waals surface area (Å²) in [5.74, 6) is 0.490. The minimum absolute atomic E-state index is 0.158. The van der Waals surface area contributed by atoms with E-state index in [2.05, 4.69) is 20.4 Å². The normalized spacial score (nSPS) is 13.3. The summed E-state index contributed by atoms with van der Waals surface area (Å²) in [6, 6.07) is 0. The lowest BCUT2D eigenvalue weighted by molar-refractivity contribution is 0.00985. The molecule has 0 spiro atoms. The zero-order valence-corrected chi connectivity index (χ0v) is 8.38. The topological polar surface area (TPSA) is 18.5 Å². The molecule has 0 fully saturated rings. The van der Waals surface area contributed by atoms with E-state index in [0.717, 1.165) is 6.61 Å². The molecule has 72 valence electrons. The molecule has 0 rings (SSSR count). The molecule has 0 aromatic rings. The highest BCUT2D eigenvalue weighted by Crippen LogP contribution is 2.06. The monoisotopic (exact) mass is 172 g/mol. The van der Waals surface area contributed by atoms with Crippen molar-refractivity contribution in [1.29, 1.82) is 0 Å². The van der Waals surface area contributed by atoms with E-state index in [4.69, 9.17) is 9.47 Å². The van der Waals surface area contributed by atoms with E-state index < -0.39 is 0 Å². The van der Waals surface area contributed by atoms with E-state index in [0.29, 0.717) is 19.1 Å². The van der Waals surface area contributed by atoms with Crippen LogP contribution < -0.4 is 0 Å². The van der Waals surface area contributed by atoms with Gasteiger partial charge in [0.25, 0.3) is 0 Å². The summed E-state index contributed by atoms with van der Waals surface area (Å²) in [5.41, 5.74) is 0. The second kappa shape index (κ2) is 7.32. The maximum absolute atomic E-state index is 5.51. The van der Waals surface area contributed by atoms with Gasteiger partial charge in [0.2, 0.25) is 0 Å². The van der Waals surface area contributed by atoms with Crippen LogP contribution in [0.3, 0.4) is 0 Å². The number of ether oxygens (including phenoxy) is 2. The van der Waals surface area contributed by atoms with Crippen LogP contribution in [0.15, 0.2) is 12.7 Å². The number of hydrogen-bond donors (Lipinski definition) is 0. The predicted molar refractivity (Wildman–Crippen MR) is 51.3 cm³/mol. The van der Waals surface area contributed by atoms with Gasteiger partial charge >= 0.3 is 0 Å². The van der Waals surface area contributed by atoms with E-state index in [1.807, 2.05) is 13.0 Å². The molecule has 2 heteroatoms. The summed E-state index contributed by atoms with van der Waals surface area (Å²) in [6.45, 7) is 12.0. The molecule has 0 aromatic heterocycles. The molecule has 1 unspecified atom stereocenters. The van der Waals surface area contributed by atoms with Crippen LogP contribution in [0.5, 0.6) is 0 Å². The lowest BCUT2D eigenvalue weighted by atomic mass is 10.1. The molecular formula is C10H20O2. The van der Waals surface area contributed by atoms with Crippen LogP contribution in [-0.2, 0) is 9.47 Å². The highest BCUT2D eigenvalue weighted by molar-refractivity contribution is 4.82. The van der Waals surface area contributed by atoms with Gasteiger partial charge in [0.15, 0.2) is 0 Å². The molecule has 0 aromatic carbocycles. The first kappa shape index (κ1) is 11.7. The van der Waals surface area contributed by atoms with E-state index >= 15 is 0 Å². The fourth-order valence-corrected chi connectivity index (χ4v) is 0.920. The Morgan fingerprint density at radius 2 is 2.00 bits per heavy atom. The van der Waals surface area contributed by atoms with E-state index in [1.165, 1.54) is 0 Å². The largest absolute Gasteiger partial charge is 0.379 e. The van der Waals surface area contributed by atoms with Crippen LogP contribution in [0.1, 0.15) is 20.8 Å². The van der Waals surface area contributed by atoms with Crippen molar-refractivity contribution in [3.63, 3.8) is 0 Å². The standard InChI is InChI=1S/C10H20O2/c1-5-10(9(3)4)12-8-7-11-6-2/h5,9-10H,1,6-8H2,2-4H3. The summed E-state index contributed by atoms with van der Waals surface area (Å²) in [4.78, 5) is 0. The zero-order valence-electron chi connectivity index (χ0n) is 8.38. The second-order valence-corrected chi connectivity index (χ2v) is 3.01. The van der Waals surface area contributed by atoms with Crippen LogP contribution in [-0.4, -0.2) is 25.9 Å². The Balaban J connectivity index is 3.38. The Bertz CT molecular complexity index is 110. The van der Waals surface area contributed by atoms with Gasteiger partial charge in [-0.3, -0.25) is 0 Å². The minimum atomic E-state index is 0.158. The maximum Gasteiger partial charge on any atom is 0.0777 e. The quantitative estimate of drug-likeness (QED) is 0.433. The van der Waals surface area contributed by atoms with Crippen molar-refractivity contribution in [3.8, 4) is 0 Å². The molecule has 0 amide bonds. The lowest BCUT2D eigenvalue weighted by Crippen LogP contribution is -2.19. The molecule has 0 aliphatic carbocycles. The van der Waals surface area contributed by atoms with Gasteiger partial charge in [0.1, 0.15) is 0 Å². The molecule has 2 nitrogen and oxygen atoms in total. The van der Waals surface area contributed by atoms with Gasteiger partial charge in [-0.25, -0.2) is 0 Å². The lowest BCUT2D eigenvalue weighted by Gasteiger charge is -2.17. The Morgan fingerprint density at radius 1 is 1.33 bits per heavy atom. The van der Waals surface area contributed by atoms with E-state index in [-0.39, 0.29) is 6.10 Å². The number of rotatable bonds is 7. The molecule has 0 radical (unpaired) electrons. The molecule has 12 heavy (non-hydrogen) atoms. The van der Waals surface area contributed by atoms with Gasteiger partial charge in [0.05, 0.1) is 19.3 Å². The summed E-state index contributed by atoms with van der Waals surface area (Å²) in [5, 5.41) is 0. The molecule has 0 aliphatic heterocycles. The molecule has 0 saturated carbocycles. The minimum Gasteiger partial charge on any atom is -0.379 e. The first-order valence-electron chi connectivity index (χ1n) is 4.54. The van der Waals surface area contributed by atoms with Gasteiger partial charge in [-0.15, -0.1) is 6.58 Å². The molecule has 1 atom stereocenters. The highest BCUT2D eigenvalue weighted by atomic mass is 16.5. The second-order valence-electron chi connectivity index (χ2n) is 3.01. The van der Waals surface area contributed by atoms with Crippen LogP contribution >= 0.6 is 0 Å². The van der Waals surface area contributed by atoms with Gasteiger partial charge in [-0.05, 0) is 12.8 Å². The summed E-state index contributed by atoms with van der Waals surface area (Å²) < 4.78 is 10.7. The highest BCUT2D eigenvalue weighted by Gasteiger charge is 2.08. The fraction of sp³-hybridized carbons (Fsp3) is 0.800. The van der Waals surface area contributed by atoms with Crippen LogP contribution in [0.2, 0.25) is 0 Å². The summed E-state index contributed by atoms with van der Waals surface area (Å²) in [6.07, 6.45) is 2.00.